The zero-order valence-electron chi connectivity index (χ0n) is 18.8. The summed E-state index contributed by atoms with van der Waals surface area (Å²) in [4.78, 5) is 43.3. The van der Waals surface area contributed by atoms with E-state index in [2.05, 4.69) is 16.4 Å². The maximum atomic E-state index is 14.1. The van der Waals surface area contributed by atoms with Crippen LogP contribution in [-0.2, 0) is 9.59 Å². The largest absolute Gasteiger partial charge is 0.325 e. The molecular weight excluding hydrogens is 435 g/mol. The summed E-state index contributed by atoms with van der Waals surface area (Å²) in [5, 5.41) is 12.3. The topological polar surface area (TPSA) is 103 Å². The molecule has 0 aliphatic carbocycles. The van der Waals surface area contributed by atoms with Crippen molar-refractivity contribution in [3.63, 3.8) is 0 Å². The Morgan fingerprint density at radius 1 is 1.18 bits per heavy atom. The molecule has 0 saturated heterocycles. The molecule has 1 aliphatic rings. The number of aryl methyl sites for hydroxylation is 1. The molecule has 7 nitrogen and oxygen atoms in total. The summed E-state index contributed by atoms with van der Waals surface area (Å²) in [5.74, 6) is -2.21. The molecule has 1 N–H and O–H groups in total. The number of nitrogens with zero attached hydrogens (tertiary/aromatic N) is 3. The predicted molar refractivity (Wildman–Crippen MR) is 125 cm³/mol. The second kappa shape index (κ2) is 8.87. The molecule has 0 bridgehead atoms. The maximum Gasteiger partial charge on any atom is 0.244 e. The number of ketones is 1. The van der Waals surface area contributed by atoms with E-state index in [9.17, 15) is 24.0 Å². The van der Waals surface area contributed by atoms with Crippen molar-refractivity contribution in [2.45, 2.75) is 26.7 Å². The van der Waals surface area contributed by atoms with Crippen LogP contribution >= 0.6 is 0 Å². The summed E-state index contributed by atoms with van der Waals surface area (Å²) < 4.78 is 14.1. The number of amides is 2. The molecule has 8 heteroatoms. The number of carbonyl (C=O) groups is 3. The number of benzene rings is 2. The van der Waals surface area contributed by atoms with Gasteiger partial charge < -0.3 is 10.2 Å². The van der Waals surface area contributed by atoms with E-state index in [4.69, 9.17) is 0 Å². The van der Waals surface area contributed by atoms with Gasteiger partial charge in [0.15, 0.2) is 5.78 Å². The van der Waals surface area contributed by atoms with Crippen molar-refractivity contribution in [2.75, 3.05) is 16.8 Å². The first-order valence-corrected chi connectivity index (χ1v) is 10.6. The van der Waals surface area contributed by atoms with E-state index in [0.29, 0.717) is 44.9 Å². The highest BCUT2D eigenvalue weighted by Gasteiger charge is 2.34. The Morgan fingerprint density at radius 2 is 1.88 bits per heavy atom. The third-order valence-electron chi connectivity index (χ3n) is 5.85. The van der Waals surface area contributed by atoms with Crippen molar-refractivity contribution in [2.24, 2.45) is 0 Å². The number of hydrogen-bond acceptors (Lipinski definition) is 5. The average Bonchev–Trinajstić information content (AvgIpc) is 2.88. The predicted octanol–water partition coefficient (Wildman–Crippen LogP) is 4.36. The van der Waals surface area contributed by atoms with Crippen LogP contribution in [0.15, 0.2) is 48.7 Å². The number of Topliss-reactive ketones (excluding diaryl/α,β-unsaturated/α-hetero) is 1. The van der Waals surface area contributed by atoms with Gasteiger partial charge in [-0.25, -0.2) is 4.39 Å². The summed E-state index contributed by atoms with van der Waals surface area (Å²) in [6.45, 7) is 4.54. The Kier molecular flexibility index (Phi) is 5.95. The van der Waals surface area contributed by atoms with Crippen LogP contribution in [0.4, 0.5) is 15.8 Å². The molecule has 2 aromatic carbocycles. The molecule has 2 amide bonds. The van der Waals surface area contributed by atoms with Gasteiger partial charge in [-0.2, -0.15) is 5.26 Å². The number of carbonyl (C=O) groups excluding carboxylic acids is 3. The van der Waals surface area contributed by atoms with Crippen LogP contribution < -0.4 is 10.2 Å². The van der Waals surface area contributed by atoms with E-state index in [-0.39, 0.29) is 18.2 Å². The highest BCUT2D eigenvalue weighted by Crippen LogP contribution is 2.41. The number of nitriles is 1. The Balaban J connectivity index is 1.74. The monoisotopic (exact) mass is 456 g/mol. The lowest BCUT2D eigenvalue weighted by atomic mass is 9.95. The SMILES string of the molecule is CC(=O)c1ccc(NC(=O)CN2C(=O)[C@@H](C)c3ncc(F)cc3-c3cc(C#N)c(C)cc32)cc1. The molecule has 2 heterocycles. The van der Waals surface area contributed by atoms with Crippen molar-refractivity contribution in [1.82, 2.24) is 4.98 Å². The van der Waals surface area contributed by atoms with Gasteiger partial charge in [-0.3, -0.25) is 19.4 Å². The first kappa shape index (κ1) is 22.8. The minimum atomic E-state index is -0.739. The molecule has 0 saturated carbocycles. The van der Waals surface area contributed by atoms with E-state index in [1.54, 1.807) is 50.2 Å². The third-order valence-corrected chi connectivity index (χ3v) is 5.85. The van der Waals surface area contributed by atoms with Crippen LogP contribution in [0.1, 0.15) is 46.9 Å². The Bertz CT molecular complexity index is 1380. The smallest absolute Gasteiger partial charge is 0.244 e. The maximum absolute atomic E-state index is 14.1. The number of pyridine rings is 1. The quantitative estimate of drug-likeness (QED) is 0.588. The Morgan fingerprint density at radius 3 is 2.53 bits per heavy atom. The second-order valence-corrected chi connectivity index (χ2v) is 8.21. The number of fused-ring (bicyclic) bond motifs is 3. The summed E-state index contributed by atoms with van der Waals surface area (Å²) in [7, 11) is 0. The molecular formula is C26H21FN4O3. The molecule has 1 aromatic heterocycles. The number of hydrogen-bond donors (Lipinski definition) is 1. The van der Waals surface area contributed by atoms with Gasteiger partial charge >= 0.3 is 0 Å². The van der Waals surface area contributed by atoms with Gasteiger partial charge in [-0.15, -0.1) is 0 Å². The van der Waals surface area contributed by atoms with E-state index in [1.807, 2.05) is 0 Å². The van der Waals surface area contributed by atoms with E-state index >= 15 is 0 Å². The molecule has 0 unspecified atom stereocenters. The molecule has 1 atom stereocenters. The summed E-state index contributed by atoms with van der Waals surface area (Å²) in [6.07, 6.45) is 1.05. The molecule has 0 fully saturated rings. The summed E-state index contributed by atoms with van der Waals surface area (Å²) in [6, 6.07) is 13.1. The van der Waals surface area contributed by atoms with Crippen LogP contribution in [0, 0.1) is 24.1 Å². The molecule has 170 valence electrons. The van der Waals surface area contributed by atoms with Crippen molar-refractivity contribution in [3.8, 4) is 17.2 Å². The van der Waals surface area contributed by atoms with Gasteiger partial charge in [-0.1, -0.05) is 0 Å². The van der Waals surface area contributed by atoms with E-state index in [0.717, 1.165) is 6.20 Å². The fourth-order valence-electron chi connectivity index (χ4n) is 4.03. The van der Waals surface area contributed by atoms with E-state index < -0.39 is 17.6 Å². The number of nitrogens with one attached hydrogen (secondary N) is 1. The lowest BCUT2D eigenvalue weighted by Gasteiger charge is -2.25. The normalized spacial score (nSPS) is 14.5. The minimum Gasteiger partial charge on any atom is -0.325 e. The minimum absolute atomic E-state index is 0.0876. The van der Waals surface area contributed by atoms with Crippen LogP contribution in [0.3, 0.4) is 0 Å². The Hall–Kier alpha value is -4.38. The van der Waals surface area contributed by atoms with Crippen LogP contribution in [0.5, 0.6) is 0 Å². The number of halogens is 1. The van der Waals surface area contributed by atoms with Crippen molar-refractivity contribution in [1.29, 1.82) is 5.26 Å². The van der Waals surface area contributed by atoms with Crippen molar-refractivity contribution >= 4 is 29.0 Å². The summed E-state index contributed by atoms with van der Waals surface area (Å²) in [5.41, 5.74) is 3.66. The highest BCUT2D eigenvalue weighted by atomic mass is 19.1. The molecule has 0 radical (unpaired) electrons. The first-order valence-electron chi connectivity index (χ1n) is 10.6. The molecule has 1 aliphatic heterocycles. The van der Waals surface area contributed by atoms with Crippen LogP contribution in [-0.4, -0.2) is 29.1 Å². The Labute approximate surface area is 195 Å². The standard InChI is InChI=1S/C26H21FN4O3/c1-14-8-23-21(9-18(14)11-28)22-10-19(27)12-29-25(22)15(2)26(34)31(23)13-24(33)30-20-6-4-17(5-7-20)16(3)32/h4-10,12,15H,13H2,1-3H3,(H,30,33)/t15-/m0/s1. The zero-order chi connectivity index (χ0) is 24.6. The summed E-state index contributed by atoms with van der Waals surface area (Å²) >= 11 is 0. The fourth-order valence-corrected chi connectivity index (χ4v) is 4.03. The van der Waals surface area contributed by atoms with Crippen molar-refractivity contribution < 1.29 is 18.8 Å². The van der Waals surface area contributed by atoms with Crippen molar-refractivity contribution in [3.05, 3.63) is 76.9 Å². The highest BCUT2D eigenvalue weighted by molar-refractivity contribution is 6.09. The van der Waals surface area contributed by atoms with Gasteiger partial charge in [0, 0.05) is 22.4 Å². The van der Waals surface area contributed by atoms with Gasteiger partial charge in [0.25, 0.3) is 0 Å². The second-order valence-electron chi connectivity index (χ2n) is 8.21. The van der Waals surface area contributed by atoms with Crippen LogP contribution in [0.2, 0.25) is 0 Å². The third kappa shape index (κ3) is 4.16. The molecule has 0 spiro atoms. The fraction of sp³-hybridized carbons (Fsp3) is 0.192. The van der Waals surface area contributed by atoms with Gasteiger partial charge in [-0.05, 0) is 68.8 Å². The molecule has 34 heavy (non-hydrogen) atoms. The number of anilines is 2. The zero-order valence-corrected chi connectivity index (χ0v) is 18.8. The van der Waals surface area contributed by atoms with Gasteiger partial charge in [0.2, 0.25) is 11.8 Å². The molecule has 4 rings (SSSR count). The number of aromatic nitrogens is 1. The van der Waals surface area contributed by atoms with Crippen LogP contribution in [0.25, 0.3) is 11.1 Å². The van der Waals surface area contributed by atoms with E-state index in [1.165, 1.54) is 17.9 Å². The lowest BCUT2D eigenvalue weighted by Crippen LogP contribution is -2.40. The molecule has 3 aromatic rings. The number of rotatable bonds is 4. The first-order chi connectivity index (χ1) is 16.2. The van der Waals surface area contributed by atoms with Gasteiger partial charge in [0.1, 0.15) is 12.4 Å². The van der Waals surface area contributed by atoms with Gasteiger partial charge in [0.05, 0.1) is 35.1 Å². The average molecular weight is 456 g/mol. The lowest BCUT2D eigenvalue weighted by molar-refractivity contribution is -0.122.